The molecule has 1 N–H and O–H groups in total. The van der Waals surface area contributed by atoms with Crippen LogP contribution in [0.1, 0.15) is 33.6 Å². The topological polar surface area (TPSA) is 12.0 Å². The molecule has 0 aromatic heterocycles. The van der Waals surface area contributed by atoms with Gasteiger partial charge in [0.1, 0.15) is 12.3 Å². The van der Waals surface area contributed by atoms with Gasteiger partial charge in [0.05, 0.1) is 0 Å². The smallest absolute Gasteiger partial charge is 0.141 e. The Morgan fingerprint density at radius 2 is 2.08 bits per heavy atom. The monoisotopic (exact) mass is 179 g/mol. The van der Waals surface area contributed by atoms with Crippen molar-refractivity contribution in [1.82, 2.24) is 5.32 Å². The molecule has 0 bridgehead atoms. The van der Waals surface area contributed by atoms with Crippen LogP contribution in [0.15, 0.2) is 0 Å². The minimum Gasteiger partial charge on any atom is -0.314 e. The molecule has 1 fully saturated rings. The van der Waals surface area contributed by atoms with E-state index in [-0.39, 0.29) is 6.04 Å². The van der Waals surface area contributed by atoms with Crippen LogP contribution < -0.4 is 5.32 Å². The SMILES string of the molecule is CC.CC1CC(F)(CF)CCN1. The molecule has 1 rings (SSSR count). The number of piperidine rings is 1. The molecule has 0 aliphatic carbocycles. The largest absolute Gasteiger partial charge is 0.314 e. The van der Waals surface area contributed by atoms with E-state index in [0.717, 1.165) is 0 Å². The summed E-state index contributed by atoms with van der Waals surface area (Å²) >= 11 is 0. The van der Waals surface area contributed by atoms with Crippen molar-refractivity contribution in [3.8, 4) is 0 Å². The molecular weight excluding hydrogens is 160 g/mol. The second-order valence-electron chi connectivity index (χ2n) is 3.09. The standard InChI is InChI=1S/C7H13F2N.C2H6/c1-6-4-7(9,5-8)2-3-10-6;1-2/h6,10H,2-5H2,1H3;1-2H3. The second kappa shape index (κ2) is 5.46. The van der Waals surface area contributed by atoms with Crippen molar-refractivity contribution in [3.63, 3.8) is 0 Å². The average Bonchev–Trinajstić information content (AvgIpc) is 2.08. The maximum Gasteiger partial charge on any atom is 0.141 e. The molecule has 1 saturated heterocycles. The highest BCUT2D eigenvalue weighted by atomic mass is 19.2. The van der Waals surface area contributed by atoms with Gasteiger partial charge in [-0.1, -0.05) is 13.8 Å². The minimum atomic E-state index is -1.54. The van der Waals surface area contributed by atoms with E-state index >= 15 is 0 Å². The Morgan fingerprint density at radius 3 is 2.42 bits per heavy atom. The summed E-state index contributed by atoms with van der Waals surface area (Å²) < 4.78 is 25.2. The fourth-order valence-electron chi connectivity index (χ4n) is 1.39. The fourth-order valence-corrected chi connectivity index (χ4v) is 1.39. The average molecular weight is 179 g/mol. The Labute approximate surface area is 73.5 Å². The van der Waals surface area contributed by atoms with Crippen molar-refractivity contribution in [1.29, 1.82) is 0 Å². The zero-order valence-corrected chi connectivity index (χ0v) is 8.16. The Hall–Kier alpha value is -0.180. The number of hydrogen-bond acceptors (Lipinski definition) is 1. The van der Waals surface area contributed by atoms with Gasteiger partial charge < -0.3 is 5.32 Å². The number of nitrogens with one attached hydrogen (secondary N) is 1. The summed E-state index contributed by atoms with van der Waals surface area (Å²) in [5.74, 6) is 0. The van der Waals surface area contributed by atoms with Gasteiger partial charge in [0, 0.05) is 6.04 Å². The summed E-state index contributed by atoms with van der Waals surface area (Å²) in [6.07, 6.45) is 0.622. The third-order valence-electron chi connectivity index (χ3n) is 1.98. The molecule has 1 aliphatic heterocycles. The van der Waals surface area contributed by atoms with E-state index in [1.807, 2.05) is 20.8 Å². The third kappa shape index (κ3) is 3.48. The quantitative estimate of drug-likeness (QED) is 0.652. The van der Waals surface area contributed by atoms with Crippen molar-refractivity contribution in [2.24, 2.45) is 0 Å². The highest BCUT2D eigenvalue weighted by molar-refractivity contribution is 4.88. The Balaban J connectivity index is 0.000000561. The summed E-state index contributed by atoms with van der Waals surface area (Å²) in [6, 6.07) is 0.120. The summed E-state index contributed by atoms with van der Waals surface area (Å²) in [4.78, 5) is 0. The first-order valence-corrected chi connectivity index (χ1v) is 4.64. The van der Waals surface area contributed by atoms with Crippen LogP contribution in [-0.4, -0.2) is 24.9 Å². The molecule has 74 valence electrons. The lowest BCUT2D eigenvalue weighted by Crippen LogP contribution is -2.45. The Morgan fingerprint density at radius 1 is 1.50 bits per heavy atom. The van der Waals surface area contributed by atoms with Crippen LogP contribution in [0.2, 0.25) is 0 Å². The lowest BCUT2D eigenvalue weighted by Gasteiger charge is -2.31. The molecule has 2 atom stereocenters. The lowest BCUT2D eigenvalue weighted by molar-refractivity contribution is 0.0663. The summed E-state index contributed by atoms with van der Waals surface area (Å²) in [5, 5.41) is 3.06. The normalized spacial score (nSPS) is 35.2. The molecule has 0 amide bonds. The number of halogens is 2. The highest BCUT2D eigenvalue weighted by Gasteiger charge is 2.34. The van der Waals surface area contributed by atoms with Gasteiger partial charge in [-0.3, -0.25) is 0 Å². The second-order valence-corrected chi connectivity index (χ2v) is 3.09. The summed E-state index contributed by atoms with van der Waals surface area (Å²) in [5.41, 5.74) is -1.54. The Bertz CT molecular complexity index is 119. The highest BCUT2D eigenvalue weighted by Crippen LogP contribution is 2.26. The van der Waals surface area contributed by atoms with E-state index in [4.69, 9.17) is 0 Å². The van der Waals surface area contributed by atoms with E-state index in [1.165, 1.54) is 0 Å². The zero-order valence-electron chi connectivity index (χ0n) is 8.16. The first-order valence-electron chi connectivity index (χ1n) is 4.64. The van der Waals surface area contributed by atoms with Gasteiger partial charge in [0.2, 0.25) is 0 Å². The van der Waals surface area contributed by atoms with Crippen LogP contribution >= 0.6 is 0 Å². The summed E-state index contributed by atoms with van der Waals surface area (Å²) in [6.45, 7) is 5.64. The molecule has 0 saturated carbocycles. The van der Waals surface area contributed by atoms with Crippen molar-refractivity contribution in [2.45, 2.75) is 45.3 Å². The van der Waals surface area contributed by atoms with Gasteiger partial charge >= 0.3 is 0 Å². The molecule has 0 radical (unpaired) electrons. The number of hydrogen-bond donors (Lipinski definition) is 1. The van der Waals surface area contributed by atoms with Crippen LogP contribution in [0.5, 0.6) is 0 Å². The van der Waals surface area contributed by atoms with E-state index in [1.54, 1.807) is 0 Å². The van der Waals surface area contributed by atoms with E-state index in [9.17, 15) is 8.78 Å². The van der Waals surface area contributed by atoms with Crippen molar-refractivity contribution < 1.29 is 8.78 Å². The Kier molecular flexibility index (Phi) is 5.38. The maximum absolute atomic E-state index is 13.1. The first kappa shape index (κ1) is 11.8. The van der Waals surface area contributed by atoms with Crippen LogP contribution in [0, 0.1) is 0 Å². The fraction of sp³-hybridized carbons (Fsp3) is 1.00. The van der Waals surface area contributed by atoms with Gasteiger partial charge in [0.15, 0.2) is 0 Å². The van der Waals surface area contributed by atoms with Gasteiger partial charge in [-0.2, -0.15) is 0 Å². The van der Waals surface area contributed by atoms with Crippen LogP contribution in [-0.2, 0) is 0 Å². The molecule has 3 heteroatoms. The van der Waals surface area contributed by atoms with Crippen molar-refractivity contribution >= 4 is 0 Å². The minimum absolute atomic E-state index is 0.120. The molecule has 1 heterocycles. The molecule has 2 unspecified atom stereocenters. The predicted molar refractivity (Wildman–Crippen MR) is 47.9 cm³/mol. The van der Waals surface area contributed by atoms with E-state index in [0.29, 0.717) is 19.4 Å². The molecule has 12 heavy (non-hydrogen) atoms. The molecule has 0 spiro atoms. The van der Waals surface area contributed by atoms with Gasteiger partial charge in [0.25, 0.3) is 0 Å². The molecule has 1 nitrogen and oxygen atoms in total. The van der Waals surface area contributed by atoms with Gasteiger partial charge in [-0.05, 0) is 26.3 Å². The van der Waals surface area contributed by atoms with Gasteiger partial charge in [-0.25, -0.2) is 8.78 Å². The zero-order chi connectivity index (χ0) is 9.61. The molecular formula is C9H19F2N. The van der Waals surface area contributed by atoms with E-state index in [2.05, 4.69) is 5.32 Å². The molecule has 1 aliphatic rings. The van der Waals surface area contributed by atoms with Crippen LogP contribution in [0.4, 0.5) is 8.78 Å². The first-order chi connectivity index (χ1) is 5.66. The third-order valence-corrected chi connectivity index (χ3v) is 1.98. The molecule has 0 aromatic carbocycles. The predicted octanol–water partition coefficient (Wildman–Crippen LogP) is 2.46. The number of alkyl halides is 2. The van der Waals surface area contributed by atoms with Crippen molar-refractivity contribution in [2.75, 3.05) is 13.2 Å². The van der Waals surface area contributed by atoms with E-state index < -0.39 is 12.3 Å². The van der Waals surface area contributed by atoms with Crippen LogP contribution in [0.25, 0.3) is 0 Å². The maximum atomic E-state index is 13.1. The lowest BCUT2D eigenvalue weighted by atomic mass is 9.91. The van der Waals surface area contributed by atoms with Crippen LogP contribution in [0.3, 0.4) is 0 Å². The van der Waals surface area contributed by atoms with Crippen molar-refractivity contribution in [3.05, 3.63) is 0 Å². The van der Waals surface area contributed by atoms with Gasteiger partial charge in [-0.15, -0.1) is 0 Å². The molecule has 0 aromatic rings. The summed E-state index contributed by atoms with van der Waals surface area (Å²) in [7, 11) is 0. The number of rotatable bonds is 1.